The van der Waals surface area contributed by atoms with Gasteiger partial charge in [-0.25, -0.2) is 5.48 Å². The molecule has 1 aliphatic heterocycles. The van der Waals surface area contributed by atoms with Gasteiger partial charge in [0.15, 0.2) is 0 Å². The monoisotopic (exact) mass is 260 g/mol. The van der Waals surface area contributed by atoms with Gasteiger partial charge in [0, 0.05) is 0 Å². The van der Waals surface area contributed by atoms with Gasteiger partial charge in [-0.2, -0.15) is 0 Å². The molecule has 0 radical (unpaired) electrons. The molecule has 1 aliphatic rings. The zero-order valence-corrected chi connectivity index (χ0v) is 8.83. The molecule has 0 spiro atoms. The molecule has 1 amide bonds. The van der Waals surface area contributed by atoms with Crippen molar-refractivity contribution in [1.82, 2.24) is 10.8 Å². The number of halogens is 1. The topological polar surface area (TPSA) is 63.5 Å². The van der Waals surface area contributed by atoms with Gasteiger partial charge in [-0.3, -0.25) is 14.9 Å². The van der Waals surface area contributed by atoms with Crippen LogP contribution in [-0.4, -0.2) is 18.6 Å². The van der Waals surface area contributed by atoms with Crippen molar-refractivity contribution >= 4 is 21.8 Å². The average molecular weight is 261 g/mol. The Morgan fingerprint density at radius 2 is 2.57 bits per heavy atom. The summed E-state index contributed by atoms with van der Waals surface area (Å²) in [6.45, 7) is 0.839. The summed E-state index contributed by atoms with van der Waals surface area (Å²) in [5, 5.41) is 3.01. The summed E-state index contributed by atoms with van der Waals surface area (Å²) in [5.74, 6) is 0.623. The Kier molecular flexibility index (Phi) is 2.85. The van der Waals surface area contributed by atoms with E-state index in [2.05, 4.69) is 26.7 Å². The van der Waals surface area contributed by atoms with E-state index in [-0.39, 0.29) is 11.9 Å². The predicted molar refractivity (Wildman–Crippen MR) is 51.1 cm³/mol. The minimum atomic E-state index is -0.299. The first kappa shape index (κ1) is 9.70. The second-order valence-corrected chi connectivity index (χ2v) is 3.76. The summed E-state index contributed by atoms with van der Waals surface area (Å²) < 4.78 is 6.07. The average Bonchev–Trinajstić information content (AvgIpc) is 2.72. The molecule has 1 atom stereocenters. The van der Waals surface area contributed by atoms with Crippen molar-refractivity contribution in [3.63, 3.8) is 0 Å². The highest BCUT2D eigenvalue weighted by molar-refractivity contribution is 9.10. The Morgan fingerprint density at radius 3 is 3.14 bits per heavy atom. The van der Waals surface area contributed by atoms with Crippen molar-refractivity contribution in [2.75, 3.05) is 6.61 Å². The van der Waals surface area contributed by atoms with Gasteiger partial charge in [-0.05, 0) is 22.0 Å². The number of furan rings is 1. The van der Waals surface area contributed by atoms with E-state index in [1.165, 1.54) is 0 Å². The van der Waals surface area contributed by atoms with Crippen LogP contribution in [-0.2, 0) is 16.2 Å². The Hall–Kier alpha value is -0.850. The maximum absolute atomic E-state index is 11.1. The van der Waals surface area contributed by atoms with E-state index in [0.717, 1.165) is 10.2 Å². The molecule has 1 fully saturated rings. The number of hydrogen-bond acceptors (Lipinski definition) is 4. The summed E-state index contributed by atoms with van der Waals surface area (Å²) in [5.41, 5.74) is 2.27. The fourth-order valence-corrected chi connectivity index (χ4v) is 1.50. The standard InChI is InChI=1S/C8H9BrN2O3/c9-5-1-2-13-7(5)3-10-6-4-14-11-8(6)12/h1-2,6,10H,3-4H2,(H,11,12). The van der Waals surface area contributed by atoms with Gasteiger partial charge < -0.3 is 4.42 Å². The number of carbonyl (C=O) groups excluding carboxylic acids is 1. The number of amides is 1. The molecule has 0 aromatic carbocycles. The minimum Gasteiger partial charge on any atom is -0.467 e. The maximum atomic E-state index is 11.1. The molecule has 0 aliphatic carbocycles. The van der Waals surface area contributed by atoms with Gasteiger partial charge in [0.1, 0.15) is 11.8 Å². The third-order valence-electron chi connectivity index (χ3n) is 1.94. The van der Waals surface area contributed by atoms with E-state index < -0.39 is 0 Å². The van der Waals surface area contributed by atoms with Crippen molar-refractivity contribution in [2.24, 2.45) is 0 Å². The molecule has 1 aromatic rings. The first-order chi connectivity index (χ1) is 6.77. The van der Waals surface area contributed by atoms with Crippen molar-refractivity contribution in [3.8, 4) is 0 Å². The van der Waals surface area contributed by atoms with E-state index >= 15 is 0 Å². The zero-order chi connectivity index (χ0) is 9.97. The molecule has 1 aromatic heterocycles. The summed E-state index contributed by atoms with van der Waals surface area (Å²) in [7, 11) is 0. The quantitative estimate of drug-likeness (QED) is 0.834. The van der Waals surface area contributed by atoms with Crippen LogP contribution < -0.4 is 10.8 Å². The highest BCUT2D eigenvalue weighted by atomic mass is 79.9. The Bertz CT molecular complexity index is 339. The maximum Gasteiger partial charge on any atom is 0.263 e. The smallest absolute Gasteiger partial charge is 0.263 e. The molecule has 0 saturated carbocycles. The molecule has 5 nitrogen and oxygen atoms in total. The molecule has 14 heavy (non-hydrogen) atoms. The third kappa shape index (κ3) is 1.97. The molecule has 1 saturated heterocycles. The molecule has 76 valence electrons. The summed E-state index contributed by atoms with van der Waals surface area (Å²) in [6, 6.07) is 1.51. The first-order valence-electron chi connectivity index (χ1n) is 4.14. The second kappa shape index (κ2) is 4.12. The van der Waals surface area contributed by atoms with Crippen molar-refractivity contribution < 1.29 is 14.0 Å². The summed E-state index contributed by atoms with van der Waals surface area (Å²) in [6.07, 6.45) is 1.59. The number of nitrogens with one attached hydrogen (secondary N) is 2. The van der Waals surface area contributed by atoms with Crippen molar-refractivity contribution in [1.29, 1.82) is 0 Å². The highest BCUT2D eigenvalue weighted by Gasteiger charge is 2.25. The largest absolute Gasteiger partial charge is 0.467 e. The molecule has 2 heterocycles. The third-order valence-corrected chi connectivity index (χ3v) is 2.65. The molecular weight excluding hydrogens is 252 g/mol. The van der Waals surface area contributed by atoms with Crippen LogP contribution in [0.5, 0.6) is 0 Å². The normalized spacial score (nSPS) is 21.2. The molecule has 2 rings (SSSR count). The van der Waals surface area contributed by atoms with Gasteiger partial charge in [-0.15, -0.1) is 0 Å². The fourth-order valence-electron chi connectivity index (χ4n) is 1.16. The lowest BCUT2D eigenvalue weighted by Gasteiger charge is -2.05. The lowest BCUT2D eigenvalue weighted by molar-refractivity contribution is -0.125. The molecule has 0 bridgehead atoms. The molecular formula is C8H9BrN2O3. The van der Waals surface area contributed by atoms with E-state index in [1.54, 1.807) is 6.26 Å². The van der Waals surface area contributed by atoms with E-state index in [9.17, 15) is 4.79 Å². The van der Waals surface area contributed by atoms with Crippen molar-refractivity contribution in [3.05, 3.63) is 22.6 Å². The van der Waals surface area contributed by atoms with Gasteiger partial charge in [0.25, 0.3) is 5.91 Å². The van der Waals surface area contributed by atoms with Gasteiger partial charge >= 0.3 is 0 Å². The SMILES string of the molecule is O=C1NOCC1NCc1occc1Br. The number of carbonyl (C=O) groups is 1. The summed E-state index contributed by atoms with van der Waals surface area (Å²) in [4.78, 5) is 15.8. The molecule has 6 heteroatoms. The van der Waals surface area contributed by atoms with Gasteiger partial charge in [-0.1, -0.05) is 0 Å². The second-order valence-electron chi connectivity index (χ2n) is 2.90. The van der Waals surface area contributed by atoms with Crippen LogP contribution in [0.4, 0.5) is 0 Å². The molecule has 2 N–H and O–H groups in total. The van der Waals surface area contributed by atoms with Crippen LogP contribution in [0.2, 0.25) is 0 Å². The number of hydroxylamine groups is 1. The van der Waals surface area contributed by atoms with E-state index in [4.69, 9.17) is 9.25 Å². The van der Waals surface area contributed by atoms with Crippen LogP contribution in [0.1, 0.15) is 5.76 Å². The minimum absolute atomic E-state index is 0.146. The van der Waals surface area contributed by atoms with Crippen LogP contribution in [0.25, 0.3) is 0 Å². The lowest BCUT2D eigenvalue weighted by atomic mass is 10.3. The first-order valence-corrected chi connectivity index (χ1v) is 4.93. The van der Waals surface area contributed by atoms with Gasteiger partial charge in [0.2, 0.25) is 0 Å². The van der Waals surface area contributed by atoms with E-state index in [1.807, 2.05) is 6.07 Å². The van der Waals surface area contributed by atoms with Crippen LogP contribution in [0.3, 0.4) is 0 Å². The predicted octanol–water partition coefficient (Wildman–Crippen LogP) is 0.562. The Labute approximate surface area is 88.9 Å². The van der Waals surface area contributed by atoms with Crippen molar-refractivity contribution in [2.45, 2.75) is 12.6 Å². The summed E-state index contributed by atoms with van der Waals surface area (Å²) >= 11 is 3.33. The Balaban J connectivity index is 1.88. The highest BCUT2D eigenvalue weighted by Crippen LogP contribution is 2.17. The fraction of sp³-hybridized carbons (Fsp3) is 0.375. The lowest BCUT2D eigenvalue weighted by Crippen LogP contribution is -2.37. The zero-order valence-electron chi connectivity index (χ0n) is 7.25. The number of hydrogen-bond donors (Lipinski definition) is 2. The Morgan fingerprint density at radius 1 is 1.71 bits per heavy atom. The van der Waals surface area contributed by atoms with E-state index in [0.29, 0.717) is 13.2 Å². The van der Waals surface area contributed by atoms with Crippen LogP contribution in [0.15, 0.2) is 21.2 Å². The number of rotatable bonds is 3. The van der Waals surface area contributed by atoms with Crippen LogP contribution in [0, 0.1) is 0 Å². The molecule has 1 unspecified atom stereocenters. The van der Waals surface area contributed by atoms with Crippen LogP contribution >= 0.6 is 15.9 Å². The van der Waals surface area contributed by atoms with Gasteiger partial charge in [0.05, 0.1) is 23.9 Å².